The second kappa shape index (κ2) is 19.2. The van der Waals surface area contributed by atoms with E-state index in [0.29, 0.717) is 0 Å². The highest BCUT2D eigenvalue weighted by atomic mass is 32.1. The van der Waals surface area contributed by atoms with Gasteiger partial charge in [0.25, 0.3) is 0 Å². The molecule has 0 saturated carbocycles. The van der Waals surface area contributed by atoms with Crippen LogP contribution < -0.4 is 0 Å². The average Bonchev–Trinajstić information content (AvgIpc) is 4.31. The molecule has 0 spiro atoms. The number of rotatable bonds is 8. The van der Waals surface area contributed by atoms with Crippen LogP contribution in [-0.4, -0.2) is 19.9 Å². The topological polar surface area (TPSA) is 51.6 Å². The first-order valence-electron chi connectivity index (χ1n) is 23.6. The highest BCUT2D eigenvalue weighted by Crippen LogP contribution is 2.39. The third-order valence-corrected chi connectivity index (χ3v) is 17.2. The van der Waals surface area contributed by atoms with Gasteiger partial charge in [-0.25, -0.2) is 19.9 Å². The summed E-state index contributed by atoms with van der Waals surface area (Å²) in [6, 6.07) is 77.4. The van der Waals surface area contributed by atoms with Crippen LogP contribution in [0.2, 0.25) is 0 Å². The molecular formula is C64H40N4S4. The molecule has 0 N–H and O–H groups in total. The molecule has 4 nitrogen and oxygen atoms in total. The van der Waals surface area contributed by atoms with Crippen molar-refractivity contribution in [2.45, 2.75) is 0 Å². The number of aromatic nitrogens is 4. The van der Waals surface area contributed by atoms with Gasteiger partial charge < -0.3 is 0 Å². The Balaban J connectivity index is 0.000000140. The number of benzene rings is 10. The summed E-state index contributed by atoms with van der Waals surface area (Å²) in [5, 5.41) is 14.1. The molecule has 0 radical (unpaired) electrons. The summed E-state index contributed by atoms with van der Waals surface area (Å²) in [6.07, 6.45) is 7.92. The molecule has 4 heterocycles. The zero-order valence-corrected chi connectivity index (χ0v) is 41.8. The Hall–Kier alpha value is -8.24. The van der Waals surface area contributed by atoms with E-state index in [1.165, 1.54) is 84.9 Å². The normalized spacial score (nSPS) is 11.3. The van der Waals surface area contributed by atoms with Gasteiger partial charge in [0.2, 0.25) is 0 Å². The molecule has 8 heteroatoms. The molecule has 0 unspecified atom stereocenters. The maximum atomic E-state index is 4.71. The summed E-state index contributed by atoms with van der Waals surface area (Å²) in [4.78, 5) is 23.5. The van der Waals surface area contributed by atoms with Gasteiger partial charge in [-0.15, -0.1) is 45.3 Å². The lowest BCUT2D eigenvalue weighted by molar-refractivity contribution is 1.41. The van der Waals surface area contributed by atoms with Gasteiger partial charge in [0.1, 0.15) is 20.0 Å². The molecule has 14 aromatic rings. The van der Waals surface area contributed by atoms with Crippen molar-refractivity contribution in [3.05, 3.63) is 243 Å². The molecule has 0 atom stereocenters. The summed E-state index contributed by atoms with van der Waals surface area (Å²) in [5.74, 6) is 0. The molecule has 0 bridgehead atoms. The van der Waals surface area contributed by atoms with E-state index in [0.717, 1.165) is 42.3 Å². The monoisotopic (exact) mass is 992 g/mol. The Kier molecular flexibility index (Phi) is 11.6. The number of hydrogen-bond acceptors (Lipinski definition) is 8. The maximum Gasteiger partial charge on any atom is 0.123 e. The molecule has 0 aliphatic heterocycles. The Morgan fingerprint density at radius 2 is 0.444 bits per heavy atom. The second-order valence-corrected chi connectivity index (χ2v) is 21.7. The Bertz CT molecular complexity index is 3670. The van der Waals surface area contributed by atoms with E-state index in [1.54, 1.807) is 45.3 Å². The number of fused-ring (bicyclic) bond motifs is 4. The molecule has 0 amide bonds. The van der Waals surface area contributed by atoms with Gasteiger partial charge in [-0.1, -0.05) is 170 Å². The molecule has 14 rings (SSSR count). The molecule has 4 aromatic heterocycles. The quantitative estimate of drug-likeness (QED) is 0.142. The van der Waals surface area contributed by atoms with E-state index in [-0.39, 0.29) is 0 Å². The van der Waals surface area contributed by atoms with Crippen molar-refractivity contribution in [2.75, 3.05) is 0 Å². The van der Waals surface area contributed by atoms with Crippen LogP contribution in [0.5, 0.6) is 0 Å². The summed E-state index contributed by atoms with van der Waals surface area (Å²) < 4.78 is 0. The minimum atomic E-state index is 1.05. The van der Waals surface area contributed by atoms with Crippen molar-refractivity contribution >= 4 is 88.4 Å². The van der Waals surface area contributed by atoms with Gasteiger partial charge in [0, 0.05) is 47.0 Å². The van der Waals surface area contributed by atoms with E-state index >= 15 is 0 Å². The summed E-state index contributed by atoms with van der Waals surface area (Å²) in [6.45, 7) is 0. The number of hydrogen-bond donors (Lipinski definition) is 0. The highest BCUT2D eigenvalue weighted by Gasteiger charge is 2.13. The van der Waals surface area contributed by atoms with E-state index in [9.17, 15) is 0 Å². The van der Waals surface area contributed by atoms with E-state index < -0.39 is 0 Å². The Labute approximate surface area is 432 Å². The zero-order chi connectivity index (χ0) is 47.8. The van der Waals surface area contributed by atoms with Crippen LogP contribution in [0.1, 0.15) is 0 Å². The Morgan fingerprint density at radius 3 is 0.764 bits per heavy atom. The van der Waals surface area contributed by atoms with Gasteiger partial charge in [0.05, 0.1) is 19.5 Å². The molecule has 0 saturated heterocycles. The third kappa shape index (κ3) is 8.93. The molecule has 72 heavy (non-hydrogen) atoms. The summed E-state index contributed by atoms with van der Waals surface area (Å²) >= 11 is 6.94. The van der Waals surface area contributed by atoms with Gasteiger partial charge in [-0.3, -0.25) is 0 Å². The number of thiazole rings is 4. The highest BCUT2D eigenvalue weighted by molar-refractivity contribution is 7.19. The maximum absolute atomic E-state index is 4.71. The van der Waals surface area contributed by atoms with Gasteiger partial charge in [-0.2, -0.15) is 0 Å². The number of nitrogens with zero attached hydrogens (tertiary/aromatic N) is 4. The first-order chi connectivity index (χ1) is 35.6. The van der Waals surface area contributed by atoms with Gasteiger partial charge in [-0.05, 0) is 114 Å². The molecule has 10 aromatic carbocycles. The van der Waals surface area contributed by atoms with Crippen LogP contribution in [0.15, 0.2) is 243 Å². The molecule has 340 valence electrons. The third-order valence-electron chi connectivity index (χ3n) is 12.8. The predicted molar refractivity (Wildman–Crippen MR) is 309 cm³/mol. The molecule has 0 fully saturated rings. The van der Waals surface area contributed by atoms with Gasteiger partial charge in [0.15, 0.2) is 0 Å². The Morgan fingerprint density at radius 1 is 0.194 bits per heavy atom. The minimum absolute atomic E-state index is 1.05. The molecule has 0 aliphatic carbocycles. The van der Waals surface area contributed by atoms with Gasteiger partial charge >= 0.3 is 0 Å². The lowest BCUT2D eigenvalue weighted by Gasteiger charge is -2.06. The van der Waals surface area contributed by atoms with Crippen LogP contribution in [0.25, 0.3) is 127 Å². The van der Waals surface area contributed by atoms with Crippen molar-refractivity contribution in [3.63, 3.8) is 0 Å². The van der Waals surface area contributed by atoms with E-state index in [1.807, 2.05) is 49.1 Å². The standard InChI is InChI=1S/2C32H20N2S2/c1-3-7-21(8-4-1)31-33-19-29(35-31)25-13-11-23-16-28-18-26(14-12-24(28)15-27(23)17-25)30-20-34-32(36-30)22-9-5-2-6-10-22;1-3-7-21(8-4-1)29-19-33-31(35-29)25-13-11-23-16-28-18-26(14-12-24(28)15-27(23)17-25)32-34-20-30(36-32)22-9-5-2-6-10-22/h2*1-20H. The van der Waals surface area contributed by atoms with Crippen LogP contribution >= 0.6 is 45.3 Å². The van der Waals surface area contributed by atoms with Crippen LogP contribution in [0, 0.1) is 0 Å². The van der Waals surface area contributed by atoms with Crippen LogP contribution in [0.3, 0.4) is 0 Å². The van der Waals surface area contributed by atoms with Crippen molar-refractivity contribution in [1.82, 2.24) is 19.9 Å². The summed E-state index contributed by atoms with van der Waals surface area (Å²) in [7, 11) is 0. The fourth-order valence-electron chi connectivity index (χ4n) is 9.10. The molecular weight excluding hydrogens is 953 g/mol. The minimum Gasteiger partial charge on any atom is -0.244 e. The average molecular weight is 993 g/mol. The second-order valence-electron chi connectivity index (χ2n) is 17.5. The van der Waals surface area contributed by atoms with Crippen molar-refractivity contribution < 1.29 is 0 Å². The van der Waals surface area contributed by atoms with Crippen LogP contribution in [0.4, 0.5) is 0 Å². The first-order valence-corrected chi connectivity index (χ1v) is 26.9. The fourth-order valence-corrected chi connectivity index (χ4v) is 12.8. The van der Waals surface area contributed by atoms with Crippen molar-refractivity contribution in [1.29, 1.82) is 0 Å². The summed E-state index contributed by atoms with van der Waals surface area (Å²) in [5.41, 5.74) is 9.46. The SMILES string of the molecule is c1ccc(-c2cnc(-c3ccc4cc5cc(-c6ncc(-c7ccccc7)s6)ccc5cc4c3)s2)cc1.c1ccc(-c2ncc(-c3ccc4cc5cc(-c6cnc(-c7ccccc7)s6)ccc5cc4c3)s2)cc1. The first kappa shape index (κ1) is 43.8. The van der Waals surface area contributed by atoms with E-state index in [2.05, 4.69) is 204 Å². The lowest BCUT2D eigenvalue weighted by atomic mass is 9.99. The largest absolute Gasteiger partial charge is 0.244 e. The lowest BCUT2D eigenvalue weighted by Crippen LogP contribution is -1.81. The fraction of sp³-hybridized carbons (Fsp3) is 0. The molecule has 0 aliphatic rings. The predicted octanol–water partition coefficient (Wildman–Crippen LogP) is 19.1. The van der Waals surface area contributed by atoms with E-state index in [4.69, 9.17) is 9.97 Å². The van der Waals surface area contributed by atoms with Crippen molar-refractivity contribution in [3.8, 4) is 84.0 Å². The van der Waals surface area contributed by atoms with Crippen LogP contribution in [-0.2, 0) is 0 Å². The zero-order valence-electron chi connectivity index (χ0n) is 38.5. The smallest absolute Gasteiger partial charge is 0.123 e. The van der Waals surface area contributed by atoms with Crippen molar-refractivity contribution in [2.24, 2.45) is 0 Å².